The lowest BCUT2D eigenvalue weighted by molar-refractivity contribution is -0.147. The second-order valence-electron chi connectivity index (χ2n) is 5.46. The Labute approximate surface area is 129 Å². The highest BCUT2D eigenvalue weighted by Crippen LogP contribution is 2.46. The number of methoxy groups -OCH3 is 1. The number of ether oxygens (including phenoxy) is 1. The Balaban J connectivity index is 2.46. The Hall–Kier alpha value is -1.48. The van der Waals surface area contributed by atoms with E-state index in [1.165, 1.54) is 25.8 Å². The molecule has 2 atom stereocenters. The van der Waals surface area contributed by atoms with E-state index in [1.807, 2.05) is 0 Å². The van der Waals surface area contributed by atoms with Crippen LogP contribution < -0.4 is 0 Å². The van der Waals surface area contributed by atoms with Crippen molar-refractivity contribution in [2.75, 3.05) is 26.0 Å². The fraction of sp³-hybridized carbons (Fsp3) is 0.667. The third-order valence-electron chi connectivity index (χ3n) is 4.41. The van der Waals surface area contributed by atoms with Crippen molar-refractivity contribution in [2.45, 2.75) is 31.4 Å². The number of nitrogens with zero attached hydrogens (tertiary/aromatic N) is 2. The highest BCUT2D eigenvalue weighted by molar-refractivity contribution is 8.02. The number of esters is 1. The van der Waals surface area contributed by atoms with E-state index in [4.69, 9.17) is 4.74 Å². The van der Waals surface area contributed by atoms with Gasteiger partial charge in [-0.2, -0.15) is 5.26 Å². The average molecular weight is 308 g/mol. The van der Waals surface area contributed by atoms with Gasteiger partial charge < -0.3 is 9.64 Å². The second-order valence-corrected chi connectivity index (χ2v) is 6.68. The van der Waals surface area contributed by atoms with Gasteiger partial charge in [-0.25, -0.2) is 0 Å². The molecular formula is C15H20N2O3S. The minimum atomic E-state index is -1.29. The van der Waals surface area contributed by atoms with Crippen LogP contribution in [0.2, 0.25) is 0 Å². The summed E-state index contributed by atoms with van der Waals surface area (Å²) in [5, 5.41) is 9.55. The minimum Gasteiger partial charge on any atom is -0.468 e. The number of allylic oxidation sites excluding steroid dienone is 1. The first-order chi connectivity index (χ1) is 9.98. The number of likely N-dealkylation sites (tertiary alicyclic amines) is 1. The molecule has 21 heavy (non-hydrogen) atoms. The molecule has 2 aliphatic rings. The molecule has 114 valence electrons. The Kier molecular flexibility index (Phi) is 4.62. The molecule has 0 bridgehead atoms. The van der Waals surface area contributed by atoms with Crippen LogP contribution in [0.5, 0.6) is 0 Å². The summed E-state index contributed by atoms with van der Waals surface area (Å²) in [5.74, 6) is -0.773. The first kappa shape index (κ1) is 15.9. The van der Waals surface area contributed by atoms with Crippen molar-refractivity contribution in [1.29, 1.82) is 5.26 Å². The average Bonchev–Trinajstić information content (AvgIpc) is 2.99. The van der Waals surface area contributed by atoms with E-state index >= 15 is 0 Å². The molecule has 0 spiro atoms. The molecule has 0 aromatic carbocycles. The highest BCUT2D eigenvalue weighted by atomic mass is 32.2. The Bertz CT molecular complexity index is 532. The number of thioether (sulfide) groups is 1. The number of rotatable bonds is 3. The predicted molar refractivity (Wildman–Crippen MR) is 80.5 cm³/mol. The second kappa shape index (κ2) is 6.10. The largest absolute Gasteiger partial charge is 0.468 e. The third-order valence-corrected chi connectivity index (χ3v) is 6.09. The molecule has 1 saturated heterocycles. The van der Waals surface area contributed by atoms with Crippen molar-refractivity contribution in [3.05, 3.63) is 11.3 Å². The van der Waals surface area contributed by atoms with Gasteiger partial charge in [-0.1, -0.05) is 6.92 Å². The number of nitriles is 1. The van der Waals surface area contributed by atoms with Crippen LogP contribution in [0, 0.1) is 17.2 Å². The fourth-order valence-electron chi connectivity index (χ4n) is 3.19. The maximum Gasteiger partial charge on any atom is 0.330 e. The van der Waals surface area contributed by atoms with Gasteiger partial charge >= 0.3 is 5.97 Å². The van der Waals surface area contributed by atoms with E-state index in [1.54, 1.807) is 6.92 Å². The van der Waals surface area contributed by atoms with E-state index in [0.717, 1.165) is 31.6 Å². The van der Waals surface area contributed by atoms with E-state index in [9.17, 15) is 14.9 Å². The number of carbonyl (C=O) groups is 2. The lowest BCUT2D eigenvalue weighted by Gasteiger charge is -2.40. The number of hydrogen-bond acceptors (Lipinski definition) is 6. The van der Waals surface area contributed by atoms with Gasteiger partial charge in [0, 0.05) is 30.5 Å². The van der Waals surface area contributed by atoms with Gasteiger partial charge in [0.2, 0.25) is 0 Å². The van der Waals surface area contributed by atoms with Crippen molar-refractivity contribution < 1.29 is 14.3 Å². The number of hydrogen-bond donors (Lipinski definition) is 0. The smallest absolute Gasteiger partial charge is 0.330 e. The van der Waals surface area contributed by atoms with Crippen LogP contribution in [0.4, 0.5) is 0 Å². The van der Waals surface area contributed by atoms with Crippen LogP contribution >= 0.6 is 11.8 Å². The summed E-state index contributed by atoms with van der Waals surface area (Å²) in [6, 6.07) is 2.23. The molecule has 0 aromatic heterocycles. The van der Waals surface area contributed by atoms with Crippen molar-refractivity contribution in [3.8, 4) is 6.07 Å². The predicted octanol–water partition coefficient (Wildman–Crippen LogP) is 1.74. The topological polar surface area (TPSA) is 70.4 Å². The normalized spacial score (nSPS) is 29.2. The summed E-state index contributed by atoms with van der Waals surface area (Å²) >= 11 is 1.30. The van der Waals surface area contributed by atoms with E-state index in [2.05, 4.69) is 11.0 Å². The third kappa shape index (κ3) is 2.44. The summed E-state index contributed by atoms with van der Waals surface area (Å²) in [5.41, 5.74) is 1.53. The van der Waals surface area contributed by atoms with Gasteiger partial charge in [0.1, 0.15) is 0 Å². The first-order valence-electron chi connectivity index (χ1n) is 7.10. The van der Waals surface area contributed by atoms with E-state index < -0.39 is 16.6 Å². The summed E-state index contributed by atoms with van der Waals surface area (Å²) in [6.07, 6.45) is 2.24. The fourth-order valence-corrected chi connectivity index (χ4v) is 4.66. The Morgan fingerprint density at radius 1 is 1.43 bits per heavy atom. The van der Waals surface area contributed by atoms with Crippen LogP contribution in [0.1, 0.15) is 26.7 Å². The summed E-state index contributed by atoms with van der Waals surface area (Å²) in [6.45, 7) is 5.06. The molecule has 0 aliphatic carbocycles. The minimum absolute atomic E-state index is 0.250. The zero-order valence-electron chi connectivity index (χ0n) is 12.6. The molecule has 2 unspecified atom stereocenters. The zero-order chi connectivity index (χ0) is 15.6. The van der Waals surface area contributed by atoms with Gasteiger partial charge in [0.05, 0.1) is 18.8 Å². The van der Waals surface area contributed by atoms with E-state index in [-0.39, 0.29) is 5.78 Å². The monoisotopic (exact) mass is 308 g/mol. The highest BCUT2D eigenvalue weighted by Gasteiger charge is 2.54. The van der Waals surface area contributed by atoms with E-state index in [0.29, 0.717) is 11.3 Å². The summed E-state index contributed by atoms with van der Waals surface area (Å²) in [7, 11) is 1.28. The van der Waals surface area contributed by atoms with Crippen LogP contribution in [-0.4, -0.2) is 47.4 Å². The number of Topliss-reactive ketones (excluding diaryl/α,β-unsaturated/α-hetero) is 1. The molecule has 1 fully saturated rings. The Morgan fingerprint density at radius 3 is 2.52 bits per heavy atom. The summed E-state index contributed by atoms with van der Waals surface area (Å²) < 4.78 is 3.56. The lowest BCUT2D eigenvalue weighted by Crippen LogP contribution is -2.52. The molecule has 0 N–H and O–H groups in total. The number of carbonyl (C=O) groups excluding carboxylic acids is 2. The summed E-state index contributed by atoms with van der Waals surface area (Å²) in [4.78, 5) is 26.6. The van der Waals surface area contributed by atoms with Crippen LogP contribution in [0.15, 0.2) is 11.3 Å². The van der Waals surface area contributed by atoms with Gasteiger partial charge in [-0.3, -0.25) is 9.59 Å². The quantitative estimate of drug-likeness (QED) is 0.584. The maximum atomic E-state index is 12.2. The molecule has 6 heteroatoms. The molecule has 0 saturated carbocycles. The molecular weight excluding hydrogens is 288 g/mol. The molecule has 0 radical (unpaired) electrons. The van der Waals surface area contributed by atoms with Gasteiger partial charge in [0.15, 0.2) is 10.5 Å². The maximum absolute atomic E-state index is 12.2. The zero-order valence-corrected chi connectivity index (χ0v) is 13.5. The van der Waals surface area contributed by atoms with Gasteiger partial charge in [-0.15, -0.1) is 11.8 Å². The molecule has 2 aliphatic heterocycles. The van der Waals surface area contributed by atoms with Gasteiger partial charge in [0.25, 0.3) is 0 Å². The first-order valence-corrected chi connectivity index (χ1v) is 8.09. The number of ketones is 1. The lowest BCUT2D eigenvalue weighted by atomic mass is 9.82. The van der Waals surface area contributed by atoms with Crippen molar-refractivity contribution in [3.63, 3.8) is 0 Å². The van der Waals surface area contributed by atoms with Crippen LogP contribution in [-0.2, 0) is 14.3 Å². The van der Waals surface area contributed by atoms with Gasteiger partial charge in [-0.05, 0) is 19.8 Å². The standard InChI is InChI=1S/C15H20N2O3S/c1-10-12(8-16)13(17-6-4-5-7-17)9-21-15(10,11(2)18)14(19)20-3/h10H,4-7,9H2,1-3H3. The molecule has 2 rings (SSSR count). The SMILES string of the molecule is COC(=O)C1(C(C)=O)SCC(N2CCCC2)=C(C#N)C1C. The molecule has 2 heterocycles. The van der Waals surface area contributed by atoms with Crippen LogP contribution in [0.25, 0.3) is 0 Å². The molecule has 0 amide bonds. The molecule has 5 nitrogen and oxygen atoms in total. The Morgan fingerprint density at radius 2 is 2.05 bits per heavy atom. The van der Waals surface area contributed by atoms with Crippen molar-refractivity contribution in [1.82, 2.24) is 4.90 Å². The van der Waals surface area contributed by atoms with Crippen molar-refractivity contribution >= 4 is 23.5 Å². The van der Waals surface area contributed by atoms with Crippen LogP contribution in [0.3, 0.4) is 0 Å². The van der Waals surface area contributed by atoms with Crippen molar-refractivity contribution in [2.24, 2.45) is 5.92 Å². The molecule has 0 aromatic rings.